The van der Waals surface area contributed by atoms with Crippen LogP contribution in [0.4, 0.5) is 0 Å². The van der Waals surface area contributed by atoms with E-state index in [2.05, 4.69) is 105 Å². The van der Waals surface area contributed by atoms with Gasteiger partial charge in [0, 0.05) is 0 Å². The smallest absolute Gasteiger partial charge is 0.657 e. The minimum atomic E-state index is 0. The van der Waals surface area contributed by atoms with Gasteiger partial charge in [-0.15, -0.1) is 22.1 Å². The van der Waals surface area contributed by atoms with Gasteiger partial charge in [-0.25, -0.2) is 9.97 Å². The molecule has 3 aromatic heterocycles. The van der Waals surface area contributed by atoms with E-state index >= 15 is 0 Å². The molecule has 0 saturated carbocycles. The molecule has 0 aliphatic carbocycles. The van der Waals surface area contributed by atoms with E-state index in [1.165, 1.54) is 55.7 Å². The molecular weight excluding hydrogens is 667 g/mol. The first-order chi connectivity index (χ1) is 24.4. The van der Waals surface area contributed by atoms with Crippen LogP contribution in [0.3, 0.4) is 0 Å². The molecule has 0 N–H and O–H groups in total. The number of aromatic nitrogens is 4. The maximum Gasteiger partial charge on any atom is 2.00 e. The predicted octanol–water partition coefficient (Wildman–Crippen LogP) is 12.3. The molecule has 0 fully saturated rings. The number of hydrogen-bond donors (Lipinski definition) is 0. The summed E-state index contributed by atoms with van der Waals surface area (Å²) in [6.07, 6.45) is 10.6. The Morgan fingerprint density at radius 2 is 0.980 bits per heavy atom. The van der Waals surface area contributed by atoms with Crippen molar-refractivity contribution in [3.05, 3.63) is 93.1 Å². The summed E-state index contributed by atoms with van der Waals surface area (Å²) in [5.74, 6) is 0. The second-order valence-corrected chi connectivity index (χ2v) is 13.7. The minimum absolute atomic E-state index is 0. The van der Waals surface area contributed by atoms with Gasteiger partial charge >= 0.3 is 16.5 Å². The maximum atomic E-state index is 5.78. The van der Waals surface area contributed by atoms with Crippen LogP contribution in [0.25, 0.3) is 55.5 Å². The predicted molar refractivity (Wildman–Crippen MR) is 215 cm³/mol. The maximum absolute atomic E-state index is 5.78. The van der Waals surface area contributed by atoms with Crippen molar-refractivity contribution in [2.24, 2.45) is 0 Å². The van der Waals surface area contributed by atoms with Gasteiger partial charge in [0.1, 0.15) is 0 Å². The molecule has 4 aromatic rings. The van der Waals surface area contributed by atoms with Crippen molar-refractivity contribution >= 4 is 44.4 Å². The normalized spacial score (nSPS) is 13.0. The molecule has 5 heterocycles. The molecule has 1 aromatic carbocycles. The third kappa shape index (κ3) is 6.72. The topological polar surface area (TPSA) is 54.0 Å². The van der Waals surface area contributed by atoms with Crippen molar-refractivity contribution in [2.75, 3.05) is 0 Å². The molecule has 4 nitrogen and oxygen atoms in total. The second-order valence-electron chi connectivity index (χ2n) is 13.7. The van der Waals surface area contributed by atoms with E-state index in [0.29, 0.717) is 0 Å². The monoisotopic (exact) mass is 722 g/mol. The van der Waals surface area contributed by atoms with Crippen LogP contribution in [0.2, 0.25) is 0 Å². The SMILES string of the molecule is CCCCc1c2nc(c(-c3ccccc3)c3[n-]c(cc4nc(cc5[n-]c1c(CC)c5CC)C(CC)=C4CC)c(CC)c3CC)C(CC)=C2CC.[Ni+2]. The standard InChI is InChI=1S/C46H56N4.Ni/c1-10-19-25-37-43-33(15-6)31(13-4)40(48-43)26-38-29(11-2)30(12-3)39(47-38)27-41-32(14-5)34(16-7)45(49-41)42(28-23-21-20-22-24-28)46-36(18-9)35(17-8)44(37)50-46;/h20-24,26-27H,10-19,25H2,1-9H3;/q-2;+2. The molecule has 0 radical (unpaired) electrons. The van der Waals surface area contributed by atoms with E-state index in [4.69, 9.17) is 19.9 Å². The Morgan fingerprint density at radius 1 is 0.490 bits per heavy atom. The van der Waals surface area contributed by atoms with E-state index in [1.54, 1.807) is 0 Å². The van der Waals surface area contributed by atoms with E-state index < -0.39 is 0 Å². The van der Waals surface area contributed by atoms with Crippen LogP contribution in [-0.2, 0) is 48.6 Å². The summed E-state index contributed by atoms with van der Waals surface area (Å²) >= 11 is 0. The fraction of sp³-hybridized carbons (Fsp3) is 0.435. The molecule has 270 valence electrons. The number of rotatable bonds is 12. The number of allylic oxidation sites excluding steroid dienone is 4. The second kappa shape index (κ2) is 16.8. The van der Waals surface area contributed by atoms with Gasteiger partial charge in [0.25, 0.3) is 0 Å². The number of unbranched alkanes of at least 4 members (excludes halogenated alkanes) is 1. The largest absolute Gasteiger partial charge is 2.00 e. The third-order valence-corrected chi connectivity index (χ3v) is 11.0. The van der Waals surface area contributed by atoms with Crippen LogP contribution in [0.1, 0.15) is 151 Å². The van der Waals surface area contributed by atoms with E-state index in [0.717, 1.165) is 121 Å². The fourth-order valence-corrected chi connectivity index (χ4v) is 8.66. The van der Waals surface area contributed by atoms with Crippen LogP contribution >= 0.6 is 0 Å². The summed E-state index contributed by atoms with van der Waals surface area (Å²) in [6, 6.07) is 15.5. The Kier molecular flexibility index (Phi) is 12.7. The molecule has 0 amide bonds. The van der Waals surface area contributed by atoms with Crippen LogP contribution < -0.4 is 9.97 Å². The molecule has 0 unspecified atom stereocenters. The Morgan fingerprint density at radius 3 is 1.47 bits per heavy atom. The van der Waals surface area contributed by atoms with Gasteiger partial charge in [0.05, 0.1) is 22.8 Å². The van der Waals surface area contributed by atoms with Crippen molar-refractivity contribution in [3.8, 4) is 11.1 Å². The number of nitrogens with zero attached hydrogens (tertiary/aromatic N) is 4. The first-order valence-electron chi connectivity index (χ1n) is 19.7. The van der Waals surface area contributed by atoms with Gasteiger partial charge in [0.15, 0.2) is 0 Å². The zero-order valence-electron chi connectivity index (χ0n) is 32.4. The quantitative estimate of drug-likeness (QED) is 0.137. The molecule has 2 aliphatic rings. The summed E-state index contributed by atoms with van der Waals surface area (Å²) in [5, 5.41) is 0. The Labute approximate surface area is 316 Å². The van der Waals surface area contributed by atoms with Gasteiger partial charge < -0.3 is 9.97 Å². The summed E-state index contributed by atoms with van der Waals surface area (Å²) in [6.45, 7) is 20.6. The molecule has 6 rings (SSSR count). The molecule has 51 heavy (non-hydrogen) atoms. The summed E-state index contributed by atoms with van der Waals surface area (Å²) in [5.41, 5.74) is 23.1. The van der Waals surface area contributed by atoms with E-state index in [1.807, 2.05) is 0 Å². The molecule has 0 spiro atoms. The third-order valence-electron chi connectivity index (χ3n) is 11.0. The van der Waals surface area contributed by atoms with Gasteiger partial charge in [-0.1, -0.05) is 133 Å². The van der Waals surface area contributed by atoms with Crippen molar-refractivity contribution in [1.29, 1.82) is 0 Å². The molecule has 0 atom stereocenters. The zero-order chi connectivity index (χ0) is 35.5. The van der Waals surface area contributed by atoms with Gasteiger partial charge in [-0.3, -0.25) is 0 Å². The van der Waals surface area contributed by atoms with Crippen molar-refractivity contribution in [1.82, 2.24) is 19.9 Å². The van der Waals surface area contributed by atoms with Crippen LogP contribution in [-0.4, -0.2) is 9.97 Å². The van der Waals surface area contributed by atoms with Crippen LogP contribution in [0.5, 0.6) is 0 Å². The number of benzene rings is 1. The van der Waals surface area contributed by atoms with Crippen molar-refractivity contribution in [3.63, 3.8) is 0 Å². The Hall–Kier alpha value is -3.69. The average Bonchev–Trinajstić information content (AvgIpc) is 3.88. The number of fused-ring (bicyclic) bond motifs is 8. The van der Waals surface area contributed by atoms with Crippen LogP contribution in [0.15, 0.2) is 42.5 Å². The number of hydrogen-bond acceptors (Lipinski definition) is 2. The van der Waals surface area contributed by atoms with Crippen molar-refractivity contribution in [2.45, 2.75) is 133 Å². The number of aryl methyl sites for hydroxylation is 5. The average molecular weight is 724 g/mol. The fourth-order valence-electron chi connectivity index (χ4n) is 8.66. The first-order valence-corrected chi connectivity index (χ1v) is 19.7. The summed E-state index contributed by atoms with van der Waals surface area (Å²) in [7, 11) is 0. The van der Waals surface area contributed by atoms with Crippen molar-refractivity contribution < 1.29 is 16.5 Å². The van der Waals surface area contributed by atoms with E-state index in [9.17, 15) is 0 Å². The van der Waals surface area contributed by atoms with Gasteiger partial charge in [-0.2, -0.15) is 0 Å². The molecule has 2 aliphatic heterocycles. The molecular formula is C46H56N4Ni. The minimum Gasteiger partial charge on any atom is -0.657 e. The van der Waals surface area contributed by atoms with Gasteiger partial charge in [0.2, 0.25) is 0 Å². The van der Waals surface area contributed by atoms with Crippen LogP contribution in [0, 0.1) is 0 Å². The molecule has 8 bridgehead atoms. The Bertz CT molecular complexity index is 2120. The van der Waals surface area contributed by atoms with Gasteiger partial charge in [-0.05, 0) is 103 Å². The first kappa shape index (κ1) is 38.5. The zero-order valence-corrected chi connectivity index (χ0v) is 33.4. The molecule has 5 heteroatoms. The molecule has 0 saturated heterocycles. The summed E-state index contributed by atoms with van der Waals surface area (Å²) in [4.78, 5) is 22.4. The Balaban J connectivity index is 0.00000504. The van der Waals surface area contributed by atoms with E-state index in [-0.39, 0.29) is 16.5 Å². The summed E-state index contributed by atoms with van der Waals surface area (Å²) < 4.78 is 0.